The van der Waals surface area contributed by atoms with Gasteiger partial charge in [-0.1, -0.05) is 50.1 Å². The molecule has 88 valence electrons. The van der Waals surface area contributed by atoms with Crippen LogP contribution in [0.4, 0.5) is 0 Å². The molecule has 0 atom stereocenters. The van der Waals surface area contributed by atoms with Gasteiger partial charge < -0.3 is 4.74 Å². The van der Waals surface area contributed by atoms with Crippen molar-refractivity contribution in [3.05, 3.63) is 56.5 Å². The number of aryl methyl sites for hydroxylation is 2. The zero-order valence-electron chi connectivity index (χ0n) is 9.63. The first-order valence-electron chi connectivity index (χ1n) is 5.26. The van der Waals surface area contributed by atoms with Crippen molar-refractivity contribution in [2.45, 2.75) is 13.8 Å². The Hall–Kier alpha value is -0.800. The van der Waals surface area contributed by atoms with Gasteiger partial charge >= 0.3 is 0 Å². The van der Waals surface area contributed by atoms with Gasteiger partial charge in [-0.3, -0.25) is 0 Å². The third kappa shape index (κ3) is 3.11. The number of para-hydroxylation sites is 1. The van der Waals surface area contributed by atoms with Crippen molar-refractivity contribution >= 4 is 31.9 Å². The van der Waals surface area contributed by atoms with Crippen LogP contribution in [0.5, 0.6) is 11.5 Å². The van der Waals surface area contributed by atoms with Gasteiger partial charge in [0.2, 0.25) is 0 Å². The maximum atomic E-state index is 5.94. The molecule has 3 heteroatoms. The molecule has 0 aliphatic carbocycles. The van der Waals surface area contributed by atoms with Crippen LogP contribution in [0.2, 0.25) is 0 Å². The predicted octanol–water partition coefficient (Wildman–Crippen LogP) is 5.62. The van der Waals surface area contributed by atoms with Crippen LogP contribution in [0.15, 0.2) is 45.3 Å². The summed E-state index contributed by atoms with van der Waals surface area (Å²) in [5.41, 5.74) is 2.28. The number of halogens is 2. The van der Waals surface area contributed by atoms with Crippen LogP contribution in [0, 0.1) is 13.8 Å². The van der Waals surface area contributed by atoms with Gasteiger partial charge in [-0.25, -0.2) is 0 Å². The highest BCUT2D eigenvalue weighted by atomic mass is 79.9. The zero-order valence-corrected chi connectivity index (χ0v) is 12.8. The van der Waals surface area contributed by atoms with Crippen LogP contribution >= 0.6 is 31.9 Å². The molecular weight excluding hydrogens is 344 g/mol. The summed E-state index contributed by atoms with van der Waals surface area (Å²) in [6.45, 7) is 4.10. The standard InChI is InChI=1S/C14H12Br2O/c1-9-4-3-5-10(2)14(9)17-13-7-11(15)6-12(16)8-13/h3-8H,1-2H3. The van der Waals surface area contributed by atoms with Crippen LogP contribution < -0.4 is 4.74 Å². The van der Waals surface area contributed by atoms with Gasteiger partial charge in [0.25, 0.3) is 0 Å². The van der Waals surface area contributed by atoms with Gasteiger partial charge in [-0.05, 0) is 43.2 Å². The van der Waals surface area contributed by atoms with Crippen molar-refractivity contribution in [2.75, 3.05) is 0 Å². The molecule has 1 nitrogen and oxygen atoms in total. The second kappa shape index (κ2) is 5.23. The van der Waals surface area contributed by atoms with Crippen LogP contribution in [0.25, 0.3) is 0 Å². The van der Waals surface area contributed by atoms with E-state index in [1.165, 1.54) is 0 Å². The summed E-state index contributed by atoms with van der Waals surface area (Å²) in [6.07, 6.45) is 0. The van der Waals surface area contributed by atoms with Gasteiger partial charge in [0.1, 0.15) is 11.5 Å². The van der Waals surface area contributed by atoms with Crippen LogP contribution in [-0.4, -0.2) is 0 Å². The van der Waals surface area contributed by atoms with Crippen molar-refractivity contribution < 1.29 is 4.74 Å². The van der Waals surface area contributed by atoms with Gasteiger partial charge in [0.05, 0.1) is 0 Å². The summed E-state index contributed by atoms with van der Waals surface area (Å²) in [4.78, 5) is 0. The Morgan fingerprint density at radius 2 is 1.41 bits per heavy atom. The quantitative estimate of drug-likeness (QED) is 0.679. The molecule has 17 heavy (non-hydrogen) atoms. The normalized spacial score (nSPS) is 10.4. The maximum Gasteiger partial charge on any atom is 0.133 e. The van der Waals surface area contributed by atoms with Crippen molar-refractivity contribution in [2.24, 2.45) is 0 Å². The zero-order chi connectivity index (χ0) is 12.4. The topological polar surface area (TPSA) is 9.23 Å². The Bertz CT molecular complexity index is 509. The average Bonchev–Trinajstić information content (AvgIpc) is 2.22. The molecule has 0 N–H and O–H groups in total. The summed E-state index contributed by atoms with van der Waals surface area (Å²) in [6, 6.07) is 12.0. The molecular formula is C14H12Br2O. The Morgan fingerprint density at radius 3 is 1.94 bits per heavy atom. The molecule has 0 spiro atoms. The summed E-state index contributed by atoms with van der Waals surface area (Å²) in [5, 5.41) is 0. The SMILES string of the molecule is Cc1cccc(C)c1Oc1cc(Br)cc(Br)c1. The monoisotopic (exact) mass is 354 g/mol. The van der Waals surface area contributed by atoms with E-state index in [4.69, 9.17) is 4.74 Å². The van der Waals surface area contributed by atoms with Crippen LogP contribution in [0.3, 0.4) is 0 Å². The third-order valence-electron chi connectivity index (χ3n) is 2.46. The Kier molecular flexibility index (Phi) is 3.89. The first-order valence-corrected chi connectivity index (χ1v) is 6.85. The Labute approximate surface area is 118 Å². The number of ether oxygens (including phenoxy) is 1. The van der Waals surface area contributed by atoms with E-state index in [0.717, 1.165) is 31.6 Å². The molecule has 0 aromatic heterocycles. The van der Waals surface area contributed by atoms with Crippen molar-refractivity contribution in [3.63, 3.8) is 0 Å². The second-order valence-corrected chi connectivity index (χ2v) is 5.76. The molecule has 0 aliphatic rings. The molecule has 2 aromatic carbocycles. The van der Waals surface area contributed by atoms with Crippen molar-refractivity contribution in [3.8, 4) is 11.5 Å². The van der Waals surface area contributed by atoms with E-state index in [1.807, 2.05) is 24.3 Å². The van der Waals surface area contributed by atoms with Crippen LogP contribution in [0.1, 0.15) is 11.1 Å². The number of benzene rings is 2. The molecule has 2 aromatic rings. The van der Waals surface area contributed by atoms with E-state index in [0.29, 0.717) is 0 Å². The molecule has 0 aliphatic heterocycles. The minimum Gasteiger partial charge on any atom is -0.457 e. The van der Waals surface area contributed by atoms with Gasteiger partial charge in [0, 0.05) is 8.95 Å². The van der Waals surface area contributed by atoms with E-state index in [2.05, 4.69) is 57.8 Å². The first-order chi connectivity index (χ1) is 8.06. The molecule has 0 saturated carbocycles. The number of rotatable bonds is 2. The van der Waals surface area contributed by atoms with E-state index in [1.54, 1.807) is 0 Å². The molecule has 0 saturated heterocycles. The van der Waals surface area contributed by atoms with Crippen molar-refractivity contribution in [1.29, 1.82) is 0 Å². The van der Waals surface area contributed by atoms with Crippen molar-refractivity contribution in [1.82, 2.24) is 0 Å². The lowest BCUT2D eigenvalue weighted by atomic mass is 10.1. The lowest BCUT2D eigenvalue weighted by Gasteiger charge is -2.12. The van der Waals surface area contributed by atoms with E-state index in [-0.39, 0.29) is 0 Å². The smallest absolute Gasteiger partial charge is 0.133 e. The Morgan fingerprint density at radius 1 is 0.882 bits per heavy atom. The largest absolute Gasteiger partial charge is 0.457 e. The average molecular weight is 356 g/mol. The van der Waals surface area contributed by atoms with Crippen LogP contribution in [-0.2, 0) is 0 Å². The fourth-order valence-corrected chi connectivity index (χ4v) is 2.92. The Balaban J connectivity index is 2.38. The molecule has 2 rings (SSSR count). The molecule has 0 amide bonds. The van der Waals surface area contributed by atoms with Gasteiger partial charge in [0.15, 0.2) is 0 Å². The summed E-state index contributed by atoms with van der Waals surface area (Å²) in [5.74, 6) is 1.75. The lowest BCUT2D eigenvalue weighted by Crippen LogP contribution is -1.90. The number of hydrogen-bond donors (Lipinski definition) is 0. The summed E-state index contributed by atoms with van der Waals surface area (Å²) in [7, 11) is 0. The summed E-state index contributed by atoms with van der Waals surface area (Å²) < 4.78 is 7.93. The van der Waals surface area contributed by atoms with Gasteiger partial charge in [-0.15, -0.1) is 0 Å². The molecule has 0 heterocycles. The third-order valence-corrected chi connectivity index (χ3v) is 3.38. The predicted molar refractivity (Wildman–Crippen MR) is 77.8 cm³/mol. The second-order valence-electron chi connectivity index (χ2n) is 3.93. The van der Waals surface area contributed by atoms with E-state index in [9.17, 15) is 0 Å². The molecule has 0 unspecified atom stereocenters. The number of hydrogen-bond acceptors (Lipinski definition) is 1. The highest BCUT2D eigenvalue weighted by molar-refractivity contribution is 9.11. The molecule has 0 radical (unpaired) electrons. The fraction of sp³-hybridized carbons (Fsp3) is 0.143. The minimum atomic E-state index is 0.823. The fourth-order valence-electron chi connectivity index (χ4n) is 1.67. The van der Waals surface area contributed by atoms with Gasteiger partial charge in [-0.2, -0.15) is 0 Å². The lowest BCUT2D eigenvalue weighted by molar-refractivity contribution is 0.474. The first kappa shape index (κ1) is 12.7. The minimum absolute atomic E-state index is 0.823. The highest BCUT2D eigenvalue weighted by Gasteiger charge is 2.06. The highest BCUT2D eigenvalue weighted by Crippen LogP contribution is 2.32. The summed E-state index contributed by atoms with van der Waals surface area (Å²) >= 11 is 6.91. The maximum absolute atomic E-state index is 5.94. The van der Waals surface area contributed by atoms with E-state index < -0.39 is 0 Å². The molecule has 0 bridgehead atoms. The van der Waals surface area contributed by atoms with E-state index >= 15 is 0 Å². The molecule has 0 fully saturated rings.